The predicted octanol–water partition coefficient (Wildman–Crippen LogP) is 2.09. The van der Waals surface area contributed by atoms with Crippen LogP contribution in [0.5, 0.6) is 0 Å². The Bertz CT molecular complexity index is 587. The van der Waals surface area contributed by atoms with Crippen molar-refractivity contribution in [2.45, 2.75) is 33.6 Å². The third kappa shape index (κ3) is 2.50. The third-order valence-electron chi connectivity index (χ3n) is 2.77. The van der Waals surface area contributed by atoms with Crippen molar-refractivity contribution in [1.82, 2.24) is 15.0 Å². The van der Waals surface area contributed by atoms with E-state index in [1.807, 2.05) is 6.92 Å². The zero-order valence-corrected chi connectivity index (χ0v) is 10.8. The van der Waals surface area contributed by atoms with Crippen LogP contribution in [0.2, 0.25) is 0 Å². The molecule has 96 valence electrons. The molecule has 0 bridgehead atoms. The van der Waals surface area contributed by atoms with E-state index < -0.39 is 5.97 Å². The molecule has 0 fully saturated rings. The van der Waals surface area contributed by atoms with Gasteiger partial charge in [0.05, 0.1) is 12.1 Å². The van der Waals surface area contributed by atoms with Crippen molar-refractivity contribution in [1.29, 1.82) is 0 Å². The molecule has 5 heteroatoms. The average Bonchev–Trinajstić information content (AvgIpc) is 2.59. The maximum Gasteiger partial charge on any atom is 0.307 e. The lowest BCUT2D eigenvalue weighted by Gasteiger charge is -2.05. The highest BCUT2D eigenvalue weighted by Crippen LogP contribution is 2.21. The van der Waals surface area contributed by atoms with Gasteiger partial charge in [-0.2, -0.15) is 0 Å². The van der Waals surface area contributed by atoms with Crippen molar-refractivity contribution < 1.29 is 9.90 Å². The summed E-state index contributed by atoms with van der Waals surface area (Å²) in [7, 11) is 0. The standard InChI is InChI=1S/C13H17N3O2/c1-7(2)4-10-15-8(3)12-9(5-11(17)18)6-14-13(12)16-10/h6-7H,4-5H2,1-3H3,(H,17,18)(H,14,15,16). The number of rotatable bonds is 4. The SMILES string of the molecule is Cc1nc(CC(C)C)nc2[nH]cc(CC(=O)O)c12. The molecule has 0 aromatic carbocycles. The van der Waals surface area contributed by atoms with E-state index in [1.54, 1.807) is 6.20 Å². The molecule has 0 spiro atoms. The van der Waals surface area contributed by atoms with Crippen LogP contribution in [-0.4, -0.2) is 26.0 Å². The first kappa shape index (κ1) is 12.5. The first-order chi connectivity index (χ1) is 8.47. The molecule has 0 aliphatic heterocycles. The van der Waals surface area contributed by atoms with E-state index in [4.69, 9.17) is 5.11 Å². The number of aromatic amines is 1. The van der Waals surface area contributed by atoms with Gasteiger partial charge in [-0.05, 0) is 18.4 Å². The normalized spacial score (nSPS) is 11.3. The Morgan fingerprint density at radius 2 is 2.17 bits per heavy atom. The van der Waals surface area contributed by atoms with Gasteiger partial charge in [-0.15, -0.1) is 0 Å². The Hall–Kier alpha value is -1.91. The van der Waals surface area contributed by atoms with Crippen molar-refractivity contribution in [2.24, 2.45) is 5.92 Å². The molecule has 0 aliphatic rings. The Labute approximate surface area is 105 Å². The molecular formula is C13H17N3O2. The first-order valence-electron chi connectivity index (χ1n) is 6.02. The van der Waals surface area contributed by atoms with Crippen LogP contribution in [0.15, 0.2) is 6.20 Å². The van der Waals surface area contributed by atoms with Crippen LogP contribution in [0.3, 0.4) is 0 Å². The molecule has 2 heterocycles. The molecule has 2 rings (SSSR count). The minimum absolute atomic E-state index is 0.00622. The van der Waals surface area contributed by atoms with E-state index in [1.165, 1.54) is 0 Å². The van der Waals surface area contributed by atoms with Crippen molar-refractivity contribution in [3.8, 4) is 0 Å². The summed E-state index contributed by atoms with van der Waals surface area (Å²) in [5.41, 5.74) is 2.31. The number of nitrogens with zero attached hydrogens (tertiary/aromatic N) is 2. The maximum absolute atomic E-state index is 10.8. The fourth-order valence-electron chi connectivity index (χ4n) is 2.11. The van der Waals surface area contributed by atoms with E-state index in [-0.39, 0.29) is 6.42 Å². The van der Waals surface area contributed by atoms with Crippen LogP contribution in [0, 0.1) is 12.8 Å². The van der Waals surface area contributed by atoms with Gasteiger partial charge < -0.3 is 10.1 Å². The Morgan fingerprint density at radius 1 is 1.44 bits per heavy atom. The Morgan fingerprint density at radius 3 is 2.78 bits per heavy atom. The fourth-order valence-corrected chi connectivity index (χ4v) is 2.11. The zero-order valence-electron chi connectivity index (χ0n) is 10.8. The summed E-state index contributed by atoms with van der Waals surface area (Å²) < 4.78 is 0. The molecule has 0 saturated carbocycles. The highest BCUT2D eigenvalue weighted by atomic mass is 16.4. The second-order valence-corrected chi connectivity index (χ2v) is 4.93. The van der Waals surface area contributed by atoms with Crippen molar-refractivity contribution in [3.05, 3.63) is 23.3 Å². The number of carboxylic acids is 1. The summed E-state index contributed by atoms with van der Waals surface area (Å²) >= 11 is 0. The van der Waals surface area contributed by atoms with Crippen molar-refractivity contribution in [2.75, 3.05) is 0 Å². The monoisotopic (exact) mass is 247 g/mol. The molecule has 18 heavy (non-hydrogen) atoms. The van der Waals surface area contributed by atoms with Crippen LogP contribution >= 0.6 is 0 Å². The summed E-state index contributed by atoms with van der Waals surface area (Å²) in [6, 6.07) is 0. The largest absolute Gasteiger partial charge is 0.481 e. The van der Waals surface area contributed by atoms with Gasteiger partial charge in [0.25, 0.3) is 0 Å². The van der Waals surface area contributed by atoms with Crippen LogP contribution in [0.4, 0.5) is 0 Å². The van der Waals surface area contributed by atoms with Gasteiger partial charge in [-0.25, -0.2) is 9.97 Å². The van der Waals surface area contributed by atoms with Crippen LogP contribution in [-0.2, 0) is 17.6 Å². The molecule has 2 aromatic heterocycles. The Kier molecular flexibility index (Phi) is 3.32. The van der Waals surface area contributed by atoms with Crippen LogP contribution < -0.4 is 0 Å². The molecule has 2 aromatic rings. The molecule has 0 saturated heterocycles. The third-order valence-corrected chi connectivity index (χ3v) is 2.77. The lowest BCUT2D eigenvalue weighted by atomic mass is 10.1. The number of aliphatic carboxylic acids is 1. The topological polar surface area (TPSA) is 78.9 Å². The van der Waals surface area contributed by atoms with Crippen LogP contribution in [0.1, 0.15) is 30.9 Å². The number of carbonyl (C=O) groups is 1. The number of aromatic nitrogens is 3. The summed E-state index contributed by atoms with van der Waals surface area (Å²) in [6.07, 6.45) is 2.53. The smallest absolute Gasteiger partial charge is 0.307 e. The highest BCUT2D eigenvalue weighted by Gasteiger charge is 2.13. The Balaban J connectivity index is 2.46. The van der Waals surface area contributed by atoms with Crippen molar-refractivity contribution in [3.63, 3.8) is 0 Å². The molecule has 0 amide bonds. The maximum atomic E-state index is 10.8. The summed E-state index contributed by atoms with van der Waals surface area (Å²) in [5, 5.41) is 9.69. The highest BCUT2D eigenvalue weighted by molar-refractivity contribution is 5.86. The van der Waals surface area contributed by atoms with Gasteiger partial charge in [0.15, 0.2) is 0 Å². The van der Waals surface area contributed by atoms with Gasteiger partial charge in [0.2, 0.25) is 0 Å². The number of carboxylic acid groups (broad SMARTS) is 1. The fraction of sp³-hybridized carbons (Fsp3) is 0.462. The quantitative estimate of drug-likeness (QED) is 0.867. The van der Waals surface area contributed by atoms with E-state index in [0.29, 0.717) is 5.92 Å². The van der Waals surface area contributed by atoms with Gasteiger partial charge in [-0.3, -0.25) is 4.79 Å². The molecule has 0 radical (unpaired) electrons. The molecule has 0 unspecified atom stereocenters. The molecule has 0 atom stereocenters. The number of aryl methyl sites for hydroxylation is 1. The number of nitrogens with one attached hydrogen (secondary N) is 1. The molecular weight excluding hydrogens is 230 g/mol. The predicted molar refractivity (Wildman–Crippen MR) is 68.5 cm³/mol. The second-order valence-electron chi connectivity index (χ2n) is 4.93. The summed E-state index contributed by atoms with van der Waals surface area (Å²) in [5.74, 6) is 0.454. The van der Waals surface area contributed by atoms with Gasteiger partial charge in [0.1, 0.15) is 11.5 Å². The van der Waals surface area contributed by atoms with E-state index in [9.17, 15) is 4.79 Å². The van der Waals surface area contributed by atoms with E-state index >= 15 is 0 Å². The zero-order chi connectivity index (χ0) is 13.3. The summed E-state index contributed by atoms with van der Waals surface area (Å²) in [4.78, 5) is 22.7. The van der Waals surface area contributed by atoms with Crippen LogP contribution in [0.25, 0.3) is 11.0 Å². The minimum atomic E-state index is -0.846. The minimum Gasteiger partial charge on any atom is -0.481 e. The first-order valence-corrected chi connectivity index (χ1v) is 6.02. The van der Waals surface area contributed by atoms with Gasteiger partial charge in [-0.1, -0.05) is 13.8 Å². The van der Waals surface area contributed by atoms with E-state index in [0.717, 1.165) is 34.5 Å². The lowest BCUT2D eigenvalue weighted by Crippen LogP contribution is -2.04. The second kappa shape index (κ2) is 4.76. The summed E-state index contributed by atoms with van der Waals surface area (Å²) in [6.45, 7) is 6.13. The van der Waals surface area contributed by atoms with Crippen molar-refractivity contribution >= 4 is 17.0 Å². The lowest BCUT2D eigenvalue weighted by molar-refractivity contribution is -0.136. The van der Waals surface area contributed by atoms with Gasteiger partial charge >= 0.3 is 5.97 Å². The van der Waals surface area contributed by atoms with E-state index in [2.05, 4.69) is 28.8 Å². The average molecular weight is 247 g/mol. The number of fused-ring (bicyclic) bond motifs is 1. The molecule has 0 aliphatic carbocycles. The number of hydrogen-bond donors (Lipinski definition) is 2. The molecule has 2 N–H and O–H groups in total. The van der Waals surface area contributed by atoms with Gasteiger partial charge in [0, 0.05) is 18.0 Å². The molecule has 5 nitrogen and oxygen atoms in total. The number of H-pyrrole nitrogens is 1. The number of hydrogen-bond acceptors (Lipinski definition) is 3.